The number of piperidine rings is 1. The van der Waals surface area contributed by atoms with Crippen molar-refractivity contribution < 1.29 is 9.53 Å². The van der Waals surface area contributed by atoms with E-state index in [4.69, 9.17) is 4.74 Å². The maximum absolute atomic E-state index is 12.6. The molecule has 4 nitrogen and oxygen atoms in total. The van der Waals surface area contributed by atoms with Gasteiger partial charge in [-0.25, -0.2) is 0 Å². The molecule has 2 aromatic rings. The van der Waals surface area contributed by atoms with Crippen molar-refractivity contribution in [3.8, 4) is 5.75 Å². The van der Waals surface area contributed by atoms with Crippen molar-refractivity contribution in [1.82, 2.24) is 10.6 Å². The number of benzene rings is 2. The molecule has 0 spiro atoms. The summed E-state index contributed by atoms with van der Waals surface area (Å²) in [5, 5.41) is 6.42. The van der Waals surface area contributed by atoms with E-state index in [1.54, 1.807) is 0 Å². The van der Waals surface area contributed by atoms with Crippen LogP contribution in [-0.4, -0.2) is 25.0 Å². The molecule has 1 saturated heterocycles. The van der Waals surface area contributed by atoms with Crippen LogP contribution in [0.4, 0.5) is 0 Å². The fourth-order valence-electron chi connectivity index (χ4n) is 2.78. The highest BCUT2D eigenvalue weighted by Crippen LogP contribution is 2.22. The van der Waals surface area contributed by atoms with E-state index < -0.39 is 0 Å². The first kappa shape index (κ1) is 19.8. The zero-order valence-corrected chi connectivity index (χ0v) is 16.2. The van der Waals surface area contributed by atoms with E-state index in [9.17, 15) is 4.79 Å². The Labute approximate surface area is 162 Å². The number of halogens is 2. The number of carbonyl (C=O) groups excluding carboxylic acids is 1. The highest BCUT2D eigenvalue weighted by molar-refractivity contribution is 9.10. The van der Waals surface area contributed by atoms with Gasteiger partial charge in [-0.05, 0) is 44.1 Å². The zero-order valence-electron chi connectivity index (χ0n) is 13.8. The molecule has 0 saturated carbocycles. The molecule has 25 heavy (non-hydrogen) atoms. The number of nitrogens with one attached hydrogen (secondary N) is 2. The number of hydrogen-bond donors (Lipinski definition) is 2. The van der Waals surface area contributed by atoms with Gasteiger partial charge < -0.3 is 15.4 Å². The lowest BCUT2D eigenvalue weighted by molar-refractivity contribution is 0.0925. The van der Waals surface area contributed by atoms with Crippen molar-refractivity contribution in [1.29, 1.82) is 0 Å². The number of ether oxygens (including phenoxy) is 1. The van der Waals surface area contributed by atoms with E-state index in [0.29, 0.717) is 17.9 Å². The molecular weight excluding hydrogens is 404 g/mol. The van der Waals surface area contributed by atoms with Gasteiger partial charge in [0.1, 0.15) is 12.4 Å². The molecule has 0 aliphatic carbocycles. The summed E-state index contributed by atoms with van der Waals surface area (Å²) in [4.78, 5) is 12.6. The Hall–Kier alpha value is -1.56. The third-order valence-electron chi connectivity index (χ3n) is 4.15. The Kier molecular flexibility index (Phi) is 7.75. The average molecular weight is 426 g/mol. The molecule has 1 heterocycles. The van der Waals surface area contributed by atoms with Crippen LogP contribution in [0.25, 0.3) is 0 Å². The first-order valence-corrected chi connectivity index (χ1v) is 9.00. The Morgan fingerprint density at radius 2 is 1.80 bits per heavy atom. The predicted molar refractivity (Wildman–Crippen MR) is 106 cm³/mol. The molecule has 1 fully saturated rings. The lowest BCUT2D eigenvalue weighted by Gasteiger charge is -2.24. The number of amides is 1. The Morgan fingerprint density at radius 1 is 1.12 bits per heavy atom. The quantitative estimate of drug-likeness (QED) is 0.763. The number of para-hydroxylation sites is 1. The van der Waals surface area contributed by atoms with Crippen LogP contribution in [-0.2, 0) is 6.61 Å². The SMILES string of the molecule is Cl.O=C(NC1CCNCC1)c1ccccc1OCc1ccccc1Br. The Morgan fingerprint density at radius 3 is 2.56 bits per heavy atom. The molecule has 3 rings (SSSR count). The fourth-order valence-corrected chi connectivity index (χ4v) is 3.18. The van der Waals surface area contributed by atoms with Gasteiger partial charge in [0.15, 0.2) is 0 Å². The van der Waals surface area contributed by atoms with Gasteiger partial charge >= 0.3 is 0 Å². The number of carbonyl (C=O) groups is 1. The molecule has 6 heteroatoms. The van der Waals surface area contributed by atoms with Crippen LogP contribution in [0.5, 0.6) is 5.75 Å². The topological polar surface area (TPSA) is 50.4 Å². The third-order valence-corrected chi connectivity index (χ3v) is 4.92. The highest BCUT2D eigenvalue weighted by atomic mass is 79.9. The zero-order chi connectivity index (χ0) is 16.8. The molecule has 0 bridgehead atoms. The van der Waals surface area contributed by atoms with Crippen molar-refractivity contribution in [2.24, 2.45) is 0 Å². The Balaban J connectivity index is 0.00000225. The van der Waals surface area contributed by atoms with E-state index in [1.807, 2.05) is 48.5 Å². The van der Waals surface area contributed by atoms with Crippen molar-refractivity contribution in [2.45, 2.75) is 25.5 Å². The second-order valence-corrected chi connectivity index (χ2v) is 6.73. The third kappa shape index (κ3) is 5.46. The number of rotatable bonds is 5. The van der Waals surface area contributed by atoms with E-state index in [-0.39, 0.29) is 24.4 Å². The van der Waals surface area contributed by atoms with E-state index in [2.05, 4.69) is 26.6 Å². The van der Waals surface area contributed by atoms with Crippen LogP contribution >= 0.6 is 28.3 Å². The molecular formula is C19H22BrClN2O2. The summed E-state index contributed by atoms with van der Waals surface area (Å²) >= 11 is 3.52. The highest BCUT2D eigenvalue weighted by Gasteiger charge is 2.18. The maximum Gasteiger partial charge on any atom is 0.255 e. The summed E-state index contributed by atoms with van der Waals surface area (Å²) in [6.45, 7) is 2.31. The van der Waals surface area contributed by atoms with Crippen LogP contribution in [0.3, 0.4) is 0 Å². The van der Waals surface area contributed by atoms with Gasteiger partial charge in [-0.1, -0.05) is 46.3 Å². The molecule has 0 aromatic heterocycles. The van der Waals surface area contributed by atoms with Crippen LogP contribution < -0.4 is 15.4 Å². The molecule has 2 aromatic carbocycles. The monoisotopic (exact) mass is 424 g/mol. The largest absolute Gasteiger partial charge is 0.488 e. The van der Waals surface area contributed by atoms with Gasteiger partial charge in [0.25, 0.3) is 5.91 Å². The lowest BCUT2D eigenvalue weighted by Crippen LogP contribution is -2.42. The first-order chi connectivity index (χ1) is 11.7. The number of hydrogen-bond acceptors (Lipinski definition) is 3. The molecule has 0 atom stereocenters. The second-order valence-electron chi connectivity index (χ2n) is 5.87. The van der Waals surface area contributed by atoms with E-state index >= 15 is 0 Å². The van der Waals surface area contributed by atoms with Gasteiger partial charge in [-0.15, -0.1) is 12.4 Å². The van der Waals surface area contributed by atoms with Crippen molar-refractivity contribution >= 4 is 34.2 Å². The second kappa shape index (κ2) is 9.80. The van der Waals surface area contributed by atoms with Crippen molar-refractivity contribution in [3.05, 3.63) is 64.1 Å². The molecule has 134 valence electrons. The summed E-state index contributed by atoms with van der Waals surface area (Å²) in [5.74, 6) is 0.546. The normalized spacial score (nSPS) is 14.4. The molecule has 1 amide bonds. The minimum atomic E-state index is -0.0652. The summed E-state index contributed by atoms with van der Waals surface area (Å²) in [6, 6.07) is 15.6. The van der Waals surface area contributed by atoms with Gasteiger partial charge in [-0.3, -0.25) is 4.79 Å². The van der Waals surface area contributed by atoms with Crippen molar-refractivity contribution in [2.75, 3.05) is 13.1 Å². The van der Waals surface area contributed by atoms with Gasteiger partial charge in [0.2, 0.25) is 0 Å². The molecule has 2 N–H and O–H groups in total. The van der Waals surface area contributed by atoms with Crippen LogP contribution in [0.2, 0.25) is 0 Å². The average Bonchev–Trinajstić information content (AvgIpc) is 2.62. The maximum atomic E-state index is 12.6. The molecule has 1 aliphatic heterocycles. The molecule has 0 unspecified atom stereocenters. The molecule has 1 aliphatic rings. The standard InChI is InChI=1S/C19H21BrN2O2.ClH/c20-17-7-3-1-5-14(17)13-24-18-8-4-2-6-16(18)19(23)22-15-9-11-21-12-10-15;/h1-8,15,21H,9-13H2,(H,22,23);1H. The first-order valence-electron chi connectivity index (χ1n) is 8.21. The fraction of sp³-hybridized carbons (Fsp3) is 0.316. The molecule has 0 radical (unpaired) electrons. The van der Waals surface area contributed by atoms with Crippen molar-refractivity contribution in [3.63, 3.8) is 0 Å². The van der Waals surface area contributed by atoms with Crippen LogP contribution in [0, 0.1) is 0 Å². The van der Waals surface area contributed by atoms with Gasteiger partial charge in [0, 0.05) is 16.1 Å². The minimum Gasteiger partial charge on any atom is -0.488 e. The van der Waals surface area contributed by atoms with E-state index in [1.165, 1.54) is 0 Å². The van der Waals surface area contributed by atoms with Gasteiger partial charge in [-0.2, -0.15) is 0 Å². The Bertz CT molecular complexity index is 705. The summed E-state index contributed by atoms with van der Waals surface area (Å²) in [5.41, 5.74) is 1.63. The smallest absolute Gasteiger partial charge is 0.255 e. The van der Waals surface area contributed by atoms with Crippen LogP contribution in [0.15, 0.2) is 53.0 Å². The summed E-state index contributed by atoms with van der Waals surface area (Å²) in [7, 11) is 0. The summed E-state index contributed by atoms with van der Waals surface area (Å²) < 4.78 is 6.91. The van der Waals surface area contributed by atoms with E-state index in [0.717, 1.165) is 36.0 Å². The predicted octanol–water partition coefficient (Wildman–Crippen LogP) is 3.93. The summed E-state index contributed by atoms with van der Waals surface area (Å²) in [6.07, 6.45) is 1.93. The minimum absolute atomic E-state index is 0. The lowest BCUT2D eigenvalue weighted by atomic mass is 10.1. The van der Waals surface area contributed by atoms with Crippen LogP contribution in [0.1, 0.15) is 28.8 Å². The van der Waals surface area contributed by atoms with Gasteiger partial charge in [0.05, 0.1) is 5.56 Å².